The topological polar surface area (TPSA) is 38.0 Å². The van der Waals surface area contributed by atoms with Crippen LogP contribution in [0.1, 0.15) is 21.5 Å². The first-order valence-corrected chi connectivity index (χ1v) is 4.27. The highest BCUT2D eigenvalue weighted by Gasteiger charge is 2.12. The van der Waals surface area contributed by atoms with Crippen molar-refractivity contribution in [2.24, 2.45) is 6.98 Å². The number of benzene rings is 1. The van der Waals surface area contributed by atoms with E-state index >= 15 is 0 Å². The largest absolute Gasteiger partial charge is 0.382 e. The van der Waals surface area contributed by atoms with Crippen LogP contribution in [0.15, 0.2) is 42.6 Å². The Hall–Kier alpha value is -1.61. The van der Waals surface area contributed by atoms with Crippen molar-refractivity contribution in [3.05, 3.63) is 53.9 Å². The van der Waals surface area contributed by atoms with Crippen molar-refractivity contribution in [1.82, 2.24) is 9.78 Å². The van der Waals surface area contributed by atoms with E-state index in [1.807, 2.05) is 6.07 Å². The van der Waals surface area contributed by atoms with E-state index in [-0.39, 0.29) is 5.69 Å². The summed E-state index contributed by atoms with van der Waals surface area (Å²) in [5.74, 6) is 0. The molecule has 0 saturated carbocycles. The lowest BCUT2D eigenvalue weighted by Crippen LogP contribution is -2.06. The molecule has 0 saturated heterocycles. The van der Waals surface area contributed by atoms with Gasteiger partial charge in [-0.1, -0.05) is 30.3 Å². The molecule has 1 aromatic heterocycles. The van der Waals surface area contributed by atoms with Crippen LogP contribution in [-0.4, -0.2) is 14.9 Å². The molecule has 1 N–H and O–H groups in total. The van der Waals surface area contributed by atoms with Crippen LogP contribution in [0.4, 0.5) is 0 Å². The number of nitrogens with zero attached hydrogens (tertiary/aromatic N) is 2. The van der Waals surface area contributed by atoms with Gasteiger partial charge in [0, 0.05) is 17.3 Å². The zero-order valence-electron chi connectivity index (χ0n) is 10.5. The summed E-state index contributed by atoms with van der Waals surface area (Å²) in [7, 11) is 0. The maximum atomic E-state index is 10.1. The molecule has 0 aliphatic carbocycles. The fraction of sp³-hybridized carbons (Fsp3) is 0.182. The lowest BCUT2D eigenvalue weighted by Gasteiger charge is -2.10. The molecule has 3 nitrogen and oxygen atoms in total. The number of aromatic nitrogens is 2. The Balaban J connectivity index is 2.39. The van der Waals surface area contributed by atoms with Crippen molar-refractivity contribution >= 4 is 0 Å². The fourth-order valence-electron chi connectivity index (χ4n) is 1.33. The van der Waals surface area contributed by atoms with Crippen molar-refractivity contribution in [3.63, 3.8) is 0 Å². The molecule has 0 aliphatic rings. The second-order valence-corrected chi connectivity index (χ2v) is 2.98. The molecule has 2 rings (SSSR count). The molecule has 2 aromatic rings. The zero-order valence-corrected chi connectivity index (χ0v) is 7.46. The Morgan fingerprint density at radius 1 is 1.36 bits per heavy atom. The van der Waals surface area contributed by atoms with E-state index in [1.54, 1.807) is 24.3 Å². The van der Waals surface area contributed by atoms with Gasteiger partial charge in [-0.15, -0.1) is 0 Å². The van der Waals surface area contributed by atoms with E-state index in [9.17, 15) is 5.11 Å². The first kappa shape index (κ1) is 5.98. The van der Waals surface area contributed by atoms with E-state index in [4.69, 9.17) is 4.11 Å². The molecular formula is C11H12N2O. The van der Waals surface area contributed by atoms with E-state index in [0.717, 1.165) is 4.68 Å². The SMILES string of the molecule is [2H]C([2H])([2H])n1nccc1C(O)c1ccccc1. The third-order valence-electron chi connectivity index (χ3n) is 2.07. The van der Waals surface area contributed by atoms with Crippen LogP contribution in [0.3, 0.4) is 0 Å². The molecule has 1 unspecified atom stereocenters. The van der Waals surface area contributed by atoms with Gasteiger partial charge in [0.15, 0.2) is 0 Å². The molecule has 0 amide bonds. The van der Waals surface area contributed by atoms with Crippen molar-refractivity contribution in [1.29, 1.82) is 0 Å². The van der Waals surface area contributed by atoms with Crippen LogP contribution in [0.25, 0.3) is 0 Å². The van der Waals surface area contributed by atoms with Gasteiger partial charge in [0.25, 0.3) is 0 Å². The van der Waals surface area contributed by atoms with Gasteiger partial charge in [0.2, 0.25) is 0 Å². The number of hydrogen-bond acceptors (Lipinski definition) is 2. The summed E-state index contributed by atoms with van der Waals surface area (Å²) >= 11 is 0. The van der Waals surface area contributed by atoms with Gasteiger partial charge in [-0.2, -0.15) is 5.10 Å². The van der Waals surface area contributed by atoms with E-state index < -0.39 is 13.1 Å². The quantitative estimate of drug-likeness (QED) is 0.781. The maximum absolute atomic E-state index is 10.1. The second-order valence-electron chi connectivity index (χ2n) is 2.98. The molecule has 0 aliphatic heterocycles. The van der Waals surface area contributed by atoms with Crippen molar-refractivity contribution < 1.29 is 9.22 Å². The zero-order chi connectivity index (χ0) is 12.5. The van der Waals surface area contributed by atoms with Crippen LogP contribution < -0.4 is 0 Å². The Morgan fingerprint density at radius 3 is 2.86 bits per heavy atom. The van der Waals surface area contributed by atoms with Crippen molar-refractivity contribution in [3.8, 4) is 0 Å². The molecule has 3 heteroatoms. The third kappa shape index (κ3) is 1.54. The summed E-state index contributed by atoms with van der Waals surface area (Å²) in [5.41, 5.74) is 0.898. The molecule has 1 heterocycles. The monoisotopic (exact) mass is 191 g/mol. The van der Waals surface area contributed by atoms with E-state index in [0.29, 0.717) is 5.56 Å². The van der Waals surface area contributed by atoms with Crippen LogP contribution in [0.5, 0.6) is 0 Å². The highest BCUT2D eigenvalue weighted by Crippen LogP contribution is 2.20. The first-order chi connectivity index (χ1) is 8.00. The van der Waals surface area contributed by atoms with E-state index in [1.165, 1.54) is 12.3 Å². The third-order valence-corrected chi connectivity index (χ3v) is 2.07. The fourth-order valence-corrected chi connectivity index (χ4v) is 1.33. The summed E-state index contributed by atoms with van der Waals surface area (Å²) in [6.07, 6.45) is 0.382. The highest BCUT2D eigenvalue weighted by molar-refractivity contribution is 5.24. The molecular weight excluding hydrogens is 176 g/mol. The number of aliphatic hydroxyl groups excluding tert-OH is 1. The Bertz CT molecular complexity index is 493. The van der Waals surface area contributed by atoms with Gasteiger partial charge in [0.1, 0.15) is 6.10 Å². The predicted molar refractivity (Wildman–Crippen MR) is 53.7 cm³/mol. The minimum Gasteiger partial charge on any atom is -0.382 e. The lowest BCUT2D eigenvalue weighted by atomic mass is 10.1. The molecule has 14 heavy (non-hydrogen) atoms. The first-order valence-electron chi connectivity index (χ1n) is 5.77. The molecule has 0 radical (unpaired) electrons. The van der Waals surface area contributed by atoms with Crippen molar-refractivity contribution in [2.75, 3.05) is 0 Å². The molecule has 0 fully saturated rings. The number of rotatable bonds is 2. The number of hydrogen-bond donors (Lipinski definition) is 1. The number of aliphatic hydroxyl groups is 1. The van der Waals surface area contributed by atoms with Gasteiger partial charge in [-0.05, 0) is 11.6 Å². The standard InChI is InChI=1S/C11H12N2O/c1-13-10(7-8-12-13)11(14)9-5-3-2-4-6-9/h2-8,11,14H,1H3/i1D3. The Labute approximate surface area is 86.8 Å². The Kier molecular flexibility index (Phi) is 1.55. The van der Waals surface area contributed by atoms with Crippen LogP contribution in [0, 0.1) is 0 Å². The van der Waals surface area contributed by atoms with Gasteiger partial charge >= 0.3 is 0 Å². The van der Waals surface area contributed by atoms with Gasteiger partial charge in [0.05, 0.1) is 5.69 Å². The van der Waals surface area contributed by atoms with Gasteiger partial charge < -0.3 is 5.11 Å². The summed E-state index contributed by atoms with van der Waals surface area (Å²) in [4.78, 5) is 0. The Morgan fingerprint density at radius 2 is 2.14 bits per heavy atom. The van der Waals surface area contributed by atoms with Crippen LogP contribution in [0.2, 0.25) is 0 Å². The van der Waals surface area contributed by atoms with Crippen LogP contribution >= 0.6 is 0 Å². The summed E-state index contributed by atoms with van der Waals surface area (Å²) < 4.78 is 22.8. The minimum absolute atomic E-state index is 0.260. The maximum Gasteiger partial charge on any atom is 0.121 e. The minimum atomic E-state index is -2.38. The average Bonchev–Trinajstić information content (AvgIpc) is 2.78. The molecule has 1 aromatic carbocycles. The van der Waals surface area contributed by atoms with Gasteiger partial charge in [-0.3, -0.25) is 4.68 Å². The summed E-state index contributed by atoms with van der Waals surface area (Å²) in [6.45, 7) is -2.38. The lowest BCUT2D eigenvalue weighted by molar-refractivity contribution is 0.210. The average molecular weight is 191 g/mol. The van der Waals surface area contributed by atoms with Gasteiger partial charge in [-0.25, -0.2) is 0 Å². The number of aryl methyl sites for hydroxylation is 1. The molecule has 72 valence electrons. The van der Waals surface area contributed by atoms with Crippen molar-refractivity contribution in [2.45, 2.75) is 6.10 Å². The molecule has 0 bridgehead atoms. The summed E-state index contributed by atoms with van der Waals surface area (Å²) in [5, 5.41) is 13.8. The predicted octanol–water partition coefficient (Wildman–Crippen LogP) is 1.50. The van der Waals surface area contributed by atoms with E-state index in [2.05, 4.69) is 5.10 Å². The normalized spacial score (nSPS) is 16.8. The van der Waals surface area contributed by atoms with Crippen LogP contribution in [-0.2, 0) is 6.98 Å². The molecule has 0 spiro atoms. The smallest absolute Gasteiger partial charge is 0.121 e. The molecule has 1 atom stereocenters. The second kappa shape index (κ2) is 3.64. The highest BCUT2D eigenvalue weighted by atomic mass is 16.3. The summed E-state index contributed by atoms with van der Waals surface area (Å²) in [6, 6.07) is 10.4.